The van der Waals surface area contributed by atoms with E-state index in [-0.39, 0.29) is 5.60 Å². The third-order valence-electron chi connectivity index (χ3n) is 3.87. The van der Waals surface area contributed by atoms with Crippen LogP contribution in [0.5, 0.6) is 0 Å². The molecule has 0 aromatic heterocycles. The van der Waals surface area contributed by atoms with Gasteiger partial charge in [-0.25, -0.2) is 0 Å². The molecule has 17 heavy (non-hydrogen) atoms. The topological polar surface area (TPSA) is 30.5 Å². The van der Waals surface area contributed by atoms with E-state index in [0.717, 1.165) is 19.7 Å². The summed E-state index contributed by atoms with van der Waals surface area (Å²) >= 11 is 5.52. The number of nitrogens with one attached hydrogen (secondary N) is 1. The van der Waals surface area contributed by atoms with Crippen LogP contribution in [0.4, 0.5) is 0 Å². The molecule has 1 spiro atoms. The first-order chi connectivity index (χ1) is 8.35. The maximum Gasteiger partial charge on any atom is 0.0708 e. The van der Waals surface area contributed by atoms with Gasteiger partial charge in [-0.2, -0.15) is 0 Å². The van der Waals surface area contributed by atoms with Crippen molar-refractivity contribution in [3.63, 3.8) is 0 Å². The number of ether oxygens (including phenoxy) is 2. The van der Waals surface area contributed by atoms with Crippen molar-refractivity contribution in [3.05, 3.63) is 0 Å². The fourth-order valence-corrected chi connectivity index (χ4v) is 3.10. The van der Waals surface area contributed by atoms with Crippen LogP contribution >= 0.6 is 11.6 Å². The summed E-state index contributed by atoms with van der Waals surface area (Å²) in [5.41, 5.74) is 0.265. The Hall–Kier alpha value is 0.170. The summed E-state index contributed by atoms with van der Waals surface area (Å²) in [4.78, 5) is 0. The molecule has 1 heterocycles. The summed E-state index contributed by atoms with van der Waals surface area (Å²) in [5.74, 6) is 0.578. The second kappa shape index (κ2) is 6.93. The zero-order valence-electron chi connectivity index (χ0n) is 10.5. The highest BCUT2D eigenvalue weighted by atomic mass is 35.5. The van der Waals surface area contributed by atoms with E-state index in [2.05, 4.69) is 5.32 Å². The lowest BCUT2D eigenvalue weighted by atomic mass is 9.98. The van der Waals surface area contributed by atoms with Gasteiger partial charge in [0.25, 0.3) is 0 Å². The molecule has 1 unspecified atom stereocenters. The van der Waals surface area contributed by atoms with Gasteiger partial charge in [0.05, 0.1) is 24.9 Å². The first-order valence-electron chi connectivity index (χ1n) is 6.87. The summed E-state index contributed by atoms with van der Waals surface area (Å²) in [7, 11) is 0. The molecule has 3 nitrogen and oxygen atoms in total. The minimum atomic E-state index is 0.265. The Balaban J connectivity index is 1.52. The quantitative estimate of drug-likeness (QED) is 0.564. The average Bonchev–Trinajstić information content (AvgIpc) is 2.95. The minimum absolute atomic E-state index is 0.265. The maximum atomic E-state index is 6.21. The number of halogens is 1. The monoisotopic (exact) mass is 261 g/mol. The molecule has 1 atom stereocenters. The highest BCUT2D eigenvalue weighted by Crippen LogP contribution is 2.42. The molecular formula is C13H24ClNO2. The van der Waals surface area contributed by atoms with Gasteiger partial charge in [-0.1, -0.05) is 12.8 Å². The fraction of sp³-hybridized carbons (Fsp3) is 1.00. The minimum Gasteiger partial charge on any atom is -0.379 e. The number of hydrogen-bond acceptors (Lipinski definition) is 3. The van der Waals surface area contributed by atoms with Gasteiger partial charge < -0.3 is 14.8 Å². The van der Waals surface area contributed by atoms with Gasteiger partial charge in [0.15, 0.2) is 0 Å². The SMILES string of the molecule is ClCCOCCNCC1CCC2(CCCC2)O1. The van der Waals surface area contributed by atoms with Gasteiger partial charge in [0.1, 0.15) is 0 Å². The number of rotatable bonds is 7. The highest BCUT2D eigenvalue weighted by molar-refractivity contribution is 6.17. The summed E-state index contributed by atoms with van der Waals surface area (Å²) < 4.78 is 11.5. The van der Waals surface area contributed by atoms with Gasteiger partial charge in [-0.05, 0) is 25.7 Å². The lowest BCUT2D eigenvalue weighted by Gasteiger charge is -2.23. The molecule has 1 aliphatic heterocycles. The third-order valence-corrected chi connectivity index (χ3v) is 4.02. The molecule has 1 saturated carbocycles. The second-order valence-electron chi connectivity index (χ2n) is 5.17. The van der Waals surface area contributed by atoms with Crippen molar-refractivity contribution in [2.24, 2.45) is 0 Å². The van der Waals surface area contributed by atoms with Gasteiger partial charge in [-0.3, -0.25) is 0 Å². The molecule has 2 fully saturated rings. The van der Waals surface area contributed by atoms with Crippen molar-refractivity contribution in [2.45, 2.75) is 50.2 Å². The normalized spacial score (nSPS) is 27.0. The van der Waals surface area contributed by atoms with E-state index < -0.39 is 0 Å². The van der Waals surface area contributed by atoms with Crippen molar-refractivity contribution in [3.8, 4) is 0 Å². The van der Waals surface area contributed by atoms with Crippen molar-refractivity contribution in [1.29, 1.82) is 0 Å². The molecule has 0 aromatic rings. The molecule has 0 radical (unpaired) electrons. The van der Waals surface area contributed by atoms with Crippen molar-refractivity contribution in [1.82, 2.24) is 5.32 Å². The van der Waals surface area contributed by atoms with Crippen molar-refractivity contribution < 1.29 is 9.47 Å². The first-order valence-corrected chi connectivity index (χ1v) is 7.40. The van der Waals surface area contributed by atoms with E-state index in [1.54, 1.807) is 0 Å². The first kappa shape index (κ1) is 13.6. The van der Waals surface area contributed by atoms with Gasteiger partial charge in [0.2, 0.25) is 0 Å². The predicted molar refractivity (Wildman–Crippen MR) is 69.7 cm³/mol. The summed E-state index contributed by atoms with van der Waals surface area (Å²) in [6, 6.07) is 0. The Morgan fingerprint density at radius 2 is 2.06 bits per heavy atom. The summed E-state index contributed by atoms with van der Waals surface area (Å²) in [5, 5.41) is 3.40. The molecular weight excluding hydrogens is 238 g/mol. The predicted octanol–water partition coefficient (Wildman–Crippen LogP) is 2.32. The second-order valence-corrected chi connectivity index (χ2v) is 5.55. The van der Waals surface area contributed by atoms with E-state index in [1.807, 2.05) is 0 Å². The Morgan fingerprint density at radius 3 is 2.82 bits per heavy atom. The highest BCUT2D eigenvalue weighted by Gasteiger charge is 2.41. The van der Waals surface area contributed by atoms with E-state index in [9.17, 15) is 0 Å². The number of hydrogen-bond donors (Lipinski definition) is 1. The third kappa shape index (κ3) is 4.09. The Bertz CT molecular complexity index is 219. The lowest BCUT2D eigenvalue weighted by molar-refractivity contribution is -0.0354. The molecule has 2 aliphatic rings. The van der Waals surface area contributed by atoms with Crippen molar-refractivity contribution in [2.75, 3.05) is 32.2 Å². The van der Waals surface area contributed by atoms with Crippen LogP contribution in [0.3, 0.4) is 0 Å². The van der Waals surface area contributed by atoms with E-state index in [1.165, 1.54) is 38.5 Å². The molecule has 1 saturated heterocycles. The Morgan fingerprint density at radius 1 is 1.24 bits per heavy atom. The zero-order valence-corrected chi connectivity index (χ0v) is 11.3. The molecule has 0 aromatic carbocycles. The van der Waals surface area contributed by atoms with Crippen LogP contribution in [0.1, 0.15) is 38.5 Å². The van der Waals surface area contributed by atoms with Crippen LogP contribution in [-0.2, 0) is 9.47 Å². The Labute approximate surface area is 109 Å². The summed E-state index contributed by atoms with van der Waals surface area (Å²) in [6.07, 6.45) is 8.17. The van der Waals surface area contributed by atoms with E-state index >= 15 is 0 Å². The van der Waals surface area contributed by atoms with E-state index in [0.29, 0.717) is 18.6 Å². The molecule has 0 amide bonds. The molecule has 4 heteroatoms. The zero-order chi connectivity index (χ0) is 12.0. The molecule has 1 N–H and O–H groups in total. The fourth-order valence-electron chi connectivity index (χ4n) is 2.99. The molecule has 1 aliphatic carbocycles. The Kier molecular flexibility index (Phi) is 5.54. The van der Waals surface area contributed by atoms with E-state index in [4.69, 9.17) is 21.1 Å². The summed E-state index contributed by atoms with van der Waals surface area (Å²) in [6.45, 7) is 3.24. The van der Waals surface area contributed by atoms with Crippen LogP contribution in [0.25, 0.3) is 0 Å². The van der Waals surface area contributed by atoms with Crippen LogP contribution in [0.15, 0.2) is 0 Å². The largest absolute Gasteiger partial charge is 0.379 e. The van der Waals surface area contributed by atoms with Gasteiger partial charge in [-0.15, -0.1) is 11.6 Å². The molecule has 2 rings (SSSR count). The maximum absolute atomic E-state index is 6.21. The smallest absolute Gasteiger partial charge is 0.0708 e. The lowest BCUT2D eigenvalue weighted by Crippen LogP contribution is -2.32. The molecule has 0 bridgehead atoms. The van der Waals surface area contributed by atoms with Gasteiger partial charge >= 0.3 is 0 Å². The van der Waals surface area contributed by atoms with Crippen LogP contribution < -0.4 is 5.32 Å². The van der Waals surface area contributed by atoms with Crippen LogP contribution in [0, 0.1) is 0 Å². The number of alkyl halides is 1. The molecule has 100 valence electrons. The average molecular weight is 262 g/mol. The van der Waals surface area contributed by atoms with Gasteiger partial charge in [0, 0.05) is 19.0 Å². The van der Waals surface area contributed by atoms with Crippen molar-refractivity contribution >= 4 is 11.6 Å². The van der Waals surface area contributed by atoms with Crippen LogP contribution in [0.2, 0.25) is 0 Å². The standard InChI is InChI=1S/C13H24ClNO2/c14-7-9-16-10-8-15-11-12-3-6-13(17-12)4-1-2-5-13/h12,15H,1-11H2. The van der Waals surface area contributed by atoms with Crippen LogP contribution in [-0.4, -0.2) is 43.9 Å².